The lowest BCUT2D eigenvalue weighted by Crippen LogP contribution is -2.46. The highest BCUT2D eigenvalue weighted by Crippen LogP contribution is 2.17. The zero-order valence-corrected chi connectivity index (χ0v) is 19.2. The molecule has 31 heavy (non-hydrogen) atoms. The molecule has 1 aliphatic heterocycles. The molecule has 7 heteroatoms. The number of guanidine groups is 1. The van der Waals surface area contributed by atoms with Crippen LogP contribution in [0, 0.1) is 12.7 Å². The first kappa shape index (κ1) is 23.0. The topological polar surface area (TPSA) is 55.8 Å². The predicted molar refractivity (Wildman–Crippen MR) is 126 cm³/mol. The monoisotopic (exact) mass is 426 g/mol. The number of benzene rings is 1. The summed E-state index contributed by atoms with van der Waals surface area (Å²) in [6, 6.07) is 9.46. The third kappa shape index (κ3) is 6.40. The number of rotatable bonds is 7. The van der Waals surface area contributed by atoms with Crippen LogP contribution in [-0.4, -0.2) is 55.1 Å². The van der Waals surface area contributed by atoms with E-state index in [9.17, 15) is 4.39 Å². The summed E-state index contributed by atoms with van der Waals surface area (Å²) in [4.78, 5) is 14.2. The summed E-state index contributed by atoms with van der Waals surface area (Å²) >= 11 is 0. The Bertz CT molecular complexity index is 859. The first-order chi connectivity index (χ1) is 15.0. The quantitative estimate of drug-likeness (QED) is 0.524. The first-order valence-electron chi connectivity index (χ1n) is 11.2. The summed E-state index contributed by atoms with van der Waals surface area (Å²) in [6.45, 7) is 14.6. The molecule has 0 aliphatic carbocycles. The minimum atomic E-state index is -0.185. The second-order valence-corrected chi connectivity index (χ2v) is 8.02. The summed E-state index contributed by atoms with van der Waals surface area (Å²) in [5, 5.41) is 6.63. The number of aromatic nitrogens is 1. The second-order valence-electron chi connectivity index (χ2n) is 8.02. The van der Waals surface area contributed by atoms with Gasteiger partial charge in [0.25, 0.3) is 0 Å². The maximum absolute atomic E-state index is 13.9. The summed E-state index contributed by atoms with van der Waals surface area (Å²) < 4.78 is 13.9. The van der Waals surface area contributed by atoms with Crippen molar-refractivity contribution in [3.63, 3.8) is 0 Å². The lowest BCUT2D eigenvalue weighted by molar-refractivity contribution is 0.270. The summed E-state index contributed by atoms with van der Waals surface area (Å²) in [6.07, 6.45) is 1.91. The molecule has 1 aromatic carbocycles. The fraction of sp³-hybridized carbons (Fsp3) is 0.500. The molecule has 6 nitrogen and oxygen atoms in total. The van der Waals surface area contributed by atoms with Crippen molar-refractivity contribution in [2.45, 2.75) is 40.3 Å². The molecule has 1 saturated heterocycles. The molecule has 168 valence electrons. The highest BCUT2D eigenvalue weighted by atomic mass is 19.1. The smallest absolute Gasteiger partial charge is 0.192 e. The number of likely N-dealkylation sites (N-methyl/N-ethyl adjacent to an activating group) is 1. The number of aryl methyl sites for hydroxylation is 1. The maximum atomic E-state index is 13.9. The Labute approximate surface area is 185 Å². The van der Waals surface area contributed by atoms with Crippen molar-refractivity contribution in [3.8, 4) is 0 Å². The van der Waals surface area contributed by atoms with Crippen LogP contribution in [0.15, 0.2) is 41.5 Å². The molecule has 1 aromatic heterocycles. The Kier molecular flexibility index (Phi) is 8.23. The molecule has 0 bridgehead atoms. The van der Waals surface area contributed by atoms with E-state index in [1.165, 1.54) is 0 Å². The van der Waals surface area contributed by atoms with E-state index in [2.05, 4.69) is 44.5 Å². The molecule has 3 rings (SSSR count). The zero-order valence-electron chi connectivity index (χ0n) is 19.2. The first-order valence-corrected chi connectivity index (χ1v) is 11.2. The molecule has 0 saturated carbocycles. The van der Waals surface area contributed by atoms with Gasteiger partial charge in [0.2, 0.25) is 0 Å². The zero-order chi connectivity index (χ0) is 22.2. The number of nitrogens with one attached hydrogen (secondary N) is 2. The molecule has 0 radical (unpaired) electrons. The average Bonchev–Trinajstić information content (AvgIpc) is 2.80. The second kappa shape index (κ2) is 11.1. The molecule has 0 amide bonds. The highest BCUT2D eigenvalue weighted by molar-refractivity contribution is 5.80. The fourth-order valence-corrected chi connectivity index (χ4v) is 3.65. The van der Waals surface area contributed by atoms with Crippen molar-refractivity contribution < 1.29 is 4.39 Å². The van der Waals surface area contributed by atoms with E-state index in [0.29, 0.717) is 18.1 Å². The normalized spacial score (nSPS) is 16.3. The van der Waals surface area contributed by atoms with Crippen LogP contribution in [0.25, 0.3) is 0 Å². The van der Waals surface area contributed by atoms with E-state index in [0.717, 1.165) is 56.2 Å². The average molecular weight is 427 g/mol. The summed E-state index contributed by atoms with van der Waals surface area (Å²) in [5.41, 5.74) is 2.60. The number of piperazine rings is 1. The van der Waals surface area contributed by atoms with Gasteiger partial charge < -0.3 is 20.4 Å². The van der Waals surface area contributed by atoms with E-state index < -0.39 is 0 Å². The van der Waals surface area contributed by atoms with Crippen LogP contribution in [0.4, 0.5) is 10.2 Å². The molecular formula is C24H35FN6. The van der Waals surface area contributed by atoms with Crippen LogP contribution in [0.5, 0.6) is 0 Å². The minimum Gasteiger partial charge on any atom is -0.357 e. The maximum Gasteiger partial charge on any atom is 0.192 e. The van der Waals surface area contributed by atoms with Gasteiger partial charge in [-0.25, -0.2) is 14.4 Å². The largest absolute Gasteiger partial charge is 0.357 e. The molecule has 1 unspecified atom stereocenters. The number of nitrogens with zero attached hydrogens (tertiary/aromatic N) is 4. The Hall–Kier alpha value is -2.67. The van der Waals surface area contributed by atoms with Crippen molar-refractivity contribution in [1.82, 2.24) is 20.5 Å². The van der Waals surface area contributed by atoms with Gasteiger partial charge in [0.05, 0.1) is 12.6 Å². The third-order valence-electron chi connectivity index (χ3n) is 5.77. The van der Waals surface area contributed by atoms with Gasteiger partial charge in [-0.3, -0.25) is 0 Å². The lowest BCUT2D eigenvalue weighted by atomic mass is 10.1. The number of anilines is 1. The van der Waals surface area contributed by atoms with Crippen LogP contribution >= 0.6 is 0 Å². The predicted octanol–water partition coefficient (Wildman–Crippen LogP) is 3.49. The van der Waals surface area contributed by atoms with Gasteiger partial charge in [0.15, 0.2) is 5.96 Å². The number of aliphatic imine (C=N–C) groups is 1. The van der Waals surface area contributed by atoms with Crippen LogP contribution in [-0.2, 0) is 6.54 Å². The number of hydrogen-bond acceptors (Lipinski definition) is 4. The van der Waals surface area contributed by atoms with Gasteiger partial charge in [-0.15, -0.1) is 0 Å². The minimum absolute atomic E-state index is 0.0600. The number of halogens is 1. The van der Waals surface area contributed by atoms with Crippen LogP contribution < -0.4 is 15.5 Å². The SMILES string of the molecule is CCNC(=NCc1ccc(N2CCN(CC)CC2)nc1)NC(C)c1ccc(C)c(F)c1. The molecule has 2 N–H and O–H groups in total. The Morgan fingerprint density at radius 2 is 1.94 bits per heavy atom. The number of hydrogen-bond donors (Lipinski definition) is 2. The van der Waals surface area contributed by atoms with Gasteiger partial charge >= 0.3 is 0 Å². The lowest BCUT2D eigenvalue weighted by Gasteiger charge is -2.34. The van der Waals surface area contributed by atoms with E-state index in [-0.39, 0.29) is 11.9 Å². The van der Waals surface area contributed by atoms with Crippen LogP contribution in [0.1, 0.15) is 43.5 Å². The molecule has 0 spiro atoms. The van der Waals surface area contributed by atoms with Crippen molar-refractivity contribution >= 4 is 11.8 Å². The molecular weight excluding hydrogens is 391 g/mol. The standard InChI is InChI=1S/C24H35FN6/c1-5-26-24(29-19(4)21-9-7-18(3)22(25)15-21)28-17-20-8-10-23(27-16-20)31-13-11-30(6-2)12-14-31/h7-10,15-16,19H,5-6,11-14,17H2,1-4H3,(H2,26,28,29). The van der Waals surface area contributed by atoms with Crippen molar-refractivity contribution in [2.24, 2.45) is 4.99 Å². The summed E-state index contributed by atoms with van der Waals surface area (Å²) in [5.74, 6) is 1.55. The highest BCUT2D eigenvalue weighted by Gasteiger charge is 2.16. The Morgan fingerprint density at radius 3 is 2.55 bits per heavy atom. The van der Waals surface area contributed by atoms with Gasteiger partial charge in [-0.2, -0.15) is 0 Å². The molecule has 1 aliphatic rings. The van der Waals surface area contributed by atoms with Gasteiger partial charge in [0.1, 0.15) is 11.6 Å². The van der Waals surface area contributed by atoms with Gasteiger partial charge in [0, 0.05) is 38.9 Å². The summed E-state index contributed by atoms with van der Waals surface area (Å²) in [7, 11) is 0. The molecule has 1 fully saturated rings. The van der Waals surface area contributed by atoms with Gasteiger partial charge in [-0.1, -0.05) is 25.1 Å². The van der Waals surface area contributed by atoms with Crippen molar-refractivity contribution in [1.29, 1.82) is 0 Å². The molecule has 2 aromatic rings. The van der Waals surface area contributed by atoms with E-state index in [4.69, 9.17) is 4.99 Å². The van der Waals surface area contributed by atoms with E-state index in [1.807, 2.05) is 32.2 Å². The third-order valence-corrected chi connectivity index (χ3v) is 5.77. The molecule has 2 heterocycles. The Balaban J connectivity index is 1.60. The number of pyridine rings is 1. The van der Waals surface area contributed by atoms with Gasteiger partial charge in [-0.05, 0) is 56.1 Å². The van der Waals surface area contributed by atoms with E-state index >= 15 is 0 Å². The fourth-order valence-electron chi connectivity index (χ4n) is 3.65. The van der Waals surface area contributed by atoms with E-state index in [1.54, 1.807) is 13.0 Å². The Morgan fingerprint density at radius 1 is 1.16 bits per heavy atom. The van der Waals surface area contributed by atoms with Crippen molar-refractivity contribution in [3.05, 3.63) is 59.0 Å². The van der Waals surface area contributed by atoms with Crippen LogP contribution in [0.2, 0.25) is 0 Å². The molecule has 1 atom stereocenters. The van der Waals surface area contributed by atoms with Crippen molar-refractivity contribution in [2.75, 3.05) is 44.2 Å². The van der Waals surface area contributed by atoms with Crippen LogP contribution in [0.3, 0.4) is 0 Å².